The van der Waals surface area contributed by atoms with E-state index in [-0.39, 0.29) is 17.2 Å². The van der Waals surface area contributed by atoms with Crippen LogP contribution in [0.1, 0.15) is 58.8 Å². The lowest BCUT2D eigenvalue weighted by molar-refractivity contribution is -0.150. The van der Waals surface area contributed by atoms with Crippen LogP contribution in [-0.4, -0.2) is 64.8 Å². The van der Waals surface area contributed by atoms with Crippen LogP contribution in [-0.2, 0) is 19.1 Å². The Morgan fingerprint density at radius 3 is 2.43 bits per heavy atom. The number of nitrogens with one attached hydrogen (secondary N) is 2. The van der Waals surface area contributed by atoms with Gasteiger partial charge in [-0.25, -0.2) is 9.59 Å². The van der Waals surface area contributed by atoms with Gasteiger partial charge in [0.25, 0.3) is 5.91 Å². The van der Waals surface area contributed by atoms with Crippen molar-refractivity contribution < 1.29 is 33.4 Å². The summed E-state index contributed by atoms with van der Waals surface area (Å²) in [5.41, 5.74) is 0.228. The molecule has 1 aromatic rings. The minimum atomic E-state index is -1.18. The van der Waals surface area contributed by atoms with Crippen molar-refractivity contribution in [1.82, 2.24) is 15.2 Å². The number of hydrogen-bond acceptors (Lipinski definition) is 7. The lowest BCUT2D eigenvalue weighted by Gasteiger charge is -2.21. The topological polar surface area (TPSA) is 135 Å². The van der Waals surface area contributed by atoms with Gasteiger partial charge in [-0.1, -0.05) is 0 Å². The molecule has 1 saturated heterocycles. The van der Waals surface area contributed by atoms with Gasteiger partial charge in [-0.3, -0.25) is 19.3 Å². The van der Waals surface area contributed by atoms with Gasteiger partial charge in [-0.15, -0.1) is 0 Å². The first-order chi connectivity index (χ1) is 14.0. The summed E-state index contributed by atoms with van der Waals surface area (Å²) in [5, 5.41) is 2.65. The Morgan fingerprint density at radius 2 is 1.87 bits per heavy atom. The number of H-pyrrole nitrogens is 1. The van der Waals surface area contributed by atoms with Gasteiger partial charge in [0.2, 0.25) is 5.78 Å². The van der Waals surface area contributed by atoms with Gasteiger partial charge in [-0.2, -0.15) is 0 Å². The maximum Gasteiger partial charge on any atom is 0.339 e. The maximum atomic E-state index is 12.7. The number of nitrogens with zero attached hydrogens (tertiary/aromatic N) is 1. The molecular weight excluding hydrogens is 394 g/mol. The highest BCUT2D eigenvalue weighted by Crippen LogP contribution is 2.42. The van der Waals surface area contributed by atoms with Crippen molar-refractivity contribution >= 4 is 29.7 Å². The minimum Gasteiger partial charge on any atom is -0.465 e. The number of aromatic amines is 1. The van der Waals surface area contributed by atoms with Gasteiger partial charge < -0.3 is 19.8 Å². The van der Waals surface area contributed by atoms with Crippen LogP contribution >= 0.6 is 0 Å². The molecular formula is C20H25N3O7. The van der Waals surface area contributed by atoms with Crippen molar-refractivity contribution in [2.75, 3.05) is 13.7 Å². The number of hydrogen-bond donors (Lipinski definition) is 2. The first-order valence-electron chi connectivity index (χ1n) is 9.66. The number of urea groups is 1. The number of rotatable bonds is 7. The number of Topliss-reactive ketones (excluding diaryl/α,β-unsaturated/α-hetero) is 1. The van der Waals surface area contributed by atoms with Crippen molar-refractivity contribution in [3.8, 4) is 0 Å². The zero-order valence-electron chi connectivity index (χ0n) is 17.6. The van der Waals surface area contributed by atoms with E-state index in [1.54, 1.807) is 20.8 Å². The summed E-state index contributed by atoms with van der Waals surface area (Å²) < 4.78 is 9.88. The van der Waals surface area contributed by atoms with E-state index in [9.17, 15) is 24.0 Å². The van der Waals surface area contributed by atoms with Gasteiger partial charge in [0, 0.05) is 5.69 Å². The Morgan fingerprint density at radius 1 is 1.23 bits per heavy atom. The number of carbonyl (C=O) groups excluding carboxylic acids is 5. The third-order valence-electron chi connectivity index (χ3n) is 5.73. The van der Waals surface area contributed by atoms with E-state index in [1.807, 2.05) is 0 Å². The molecule has 1 saturated carbocycles. The van der Waals surface area contributed by atoms with Crippen LogP contribution in [0.15, 0.2) is 0 Å². The number of ketones is 1. The van der Waals surface area contributed by atoms with E-state index in [2.05, 4.69) is 10.3 Å². The lowest BCUT2D eigenvalue weighted by Crippen LogP contribution is -2.46. The second-order valence-electron chi connectivity index (χ2n) is 7.91. The Kier molecular flexibility index (Phi) is 5.44. The van der Waals surface area contributed by atoms with Crippen LogP contribution in [0.2, 0.25) is 0 Å². The molecule has 1 aliphatic heterocycles. The van der Waals surface area contributed by atoms with Crippen LogP contribution in [0.25, 0.3) is 0 Å². The molecule has 2 heterocycles. The highest BCUT2D eigenvalue weighted by atomic mass is 16.5. The molecule has 3 rings (SSSR count). The van der Waals surface area contributed by atoms with E-state index in [0.29, 0.717) is 11.3 Å². The fraction of sp³-hybridized carbons (Fsp3) is 0.550. The number of amides is 3. The molecule has 0 bridgehead atoms. The number of carbonyl (C=O) groups is 5. The summed E-state index contributed by atoms with van der Waals surface area (Å²) in [7, 11) is 1.24. The van der Waals surface area contributed by atoms with Crippen molar-refractivity contribution in [2.45, 2.75) is 52.2 Å². The van der Waals surface area contributed by atoms with Crippen LogP contribution < -0.4 is 5.32 Å². The number of esters is 2. The first kappa shape index (κ1) is 21.5. The van der Waals surface area contributed by atoms with E-state index in [4.69, 9.17) is 9.47 Å². The third-order valence-corrected chi connectivity index (χ3v) is 5.73. The molecule has 2 aliphatic rings. The smallest absolute Gasteiger partial charge is 0.339 e. The fourth-order valence-corrected chi connectivity index (χ4v) is 3.82. The molecule has 0 spiro atoms. The van der Waals surface area contributed by atoms with Gasteiger partial charge in [-0.05, 0) is 52.0 Å². The van der Waals surface area contributed by atoms with Gasteiger partial charge in [0.1, 0.15) is 12.1 Å². The SMILES string of the molecule is COC(=O)c1c(C)[nH]c(C(=O)[C@H](C)OC(=O)CN2C(=O)N[C@@](C)(C3CC3)C2=O)c1C. The highest BCUT2D eigenvalue weighted by Gasteiger charge is 2.56. The van der Waals surface area contributed by atoms with Crippen molar-refractivity contribution in [1.29, 1.82) is 0 Å². The second-order valence-corrected chi connectivity index (χ2v) is 7.91. The summed E-state index contributed by atoms with van der Waals surface area (Å²) in [5.74, 6) is -2.40. The number of methoxy groups -OCH3 is 1. The summed E-state index contributed by atoms with van der Waals surface area (Å²) in [6, 6.07) is -0.649. The maximum absolute atomic E-state index is 12.7. The van der Waals surface area contributed by atoms with Gasteiger partial charge >= 0.3 is 18.0 Å². The zero-order valence-corrected chi connectivity index (χ0v) is 17.6. The van der Waals surface area contributed by atoms with Crippen molar-refractivity contribution in [2.24, 2.45) is 5.92 Å². The van der Waals surface area contributed by atoms with Gasteiger partial charge in [0.05, 0.1) is 18.4 Å². The summed E-state index contributed by atoms with van der Waals surface area (Å²) >= 11 is 0. The largest absolute Gasteiger partial charge is 0.465 e. The normalized spacial score (nSPS) is 22.0. The highest BCUT2D eigenvalue weighted by molar-refractivity contribution is 6.09. The molecule has 0 unspecified atom stereocenters. The zero-order chi connectivity index (χ0) is 22.4. The van der Waals surface area contributed by atoms with Crippen LogP contribution in [0, 0.1) is 19.8 Å². The molecule has 3 amide bonds. The average Bonchev–Trinajstić information content (AvgIpc) is 3.46. The average molecular weight is 419 g/mol. The van der Waals surface area contributed by atoms with Crippen LogP contribution in [0.5, 0.6) is 0 Å². The molecule has 1 aliphatic carbocycles. The third kappa shape index (κ3) is 3.57. The number of aromatic nitrogens is 1. The molecule has 2 fully saturated rings. The molecule has 162 valence electrons. The summed E-state index contributed by atoms with van der Waals surface area (Å²) in [6.07, 6.45) is 0.499. The van der Waals surface area contributed by atoms with Gasteiger partial charge in [0.15, 0.2) is 6.10 Å². The van der Waals surface area contributed by atoms with Crippen LogP contribution in [0.4, 0.5) is 4.79 Å². The predicted octanol–water partition coefficient (Wildman–Crippen LogP) is 1.25. The standard InChI is InChI=1S/C20H25N3O7/c1-9-14(17(26)29-5)10(2)21-15(9)16(25)11(3)30-13(24)8-23-18(27)20(4,12-6-7-12)22-19(23)28/h11-12,21H,6-8H2,1-5H3,(H,22,28)/t11-,20-/m0/s1. The summed E-state index contributed by atoms with van der Waals surface area (Å²) in [6.45, 7) is 5.66. The van der Waals surface area contributed by atoms with E-state index >= 15 is 0 Å². The Hall–Kier alpha value is -3.17. The number of aryl methyl sites for hydroxylation is 1. The minimum absolute atomic E-state index is 0.0681. The fourth-order valence-electron chi connectivity index (χ4n) is 3.82. The quantitative estimate of drug-likeness (QED) is 0.386. The number of ether oxygens (including phenoxy) is 2. The predicted molar refractivity (Wildman–Crippen MR) is 103 cm³/mol. The van der Waals surface area contributed by atoms with Crippen molar-refractivity contribution in [3.63, 3.8) is 0 Å². The lowest BCUT2D eigenvalue weighted by atomic mass is 9.96. The van der Waals surface area contributed by atoms with Crippen LogP contribution in [0.3, 0.4) is 0 Å². The Labute approximate surface area is 173 Å². The van der Waals surface area contributed by atoms with E-state index in [1.165, 1.54) is 14.0 Å². The second kappa shape index (κ2) is 7.58. The molecule has 0 aromatic carbocycles. The monoisotopic (exact) mass is 419 g/mol. The Bertz CT molecular complexity index is 946. The number of imide groups is 1. The molecule has 10 nitrogen and oxygen atoms in total. The van der Waals surface area contributed by atoms with Crippen molar-refractivity contribution in [3.05, 3.63) is 22.5 Å². The first-order valence-corrected chi connectivity index (χ1v) is 9.66. The molecule has 1 aromatic heterocycles. The van der Waals surface area contributed by atoms with E-state index in [0.717, 1.165) is 17.7 Å². The molecule has 2 atom stereocenters. The Balaban J connectivity index is 1.66. The molecule has 2 N–H and O–H groups in total. The molecule has 30 heavy (non-hydrogen) atoms. The summed E-state index contributed by atoms with van der Waals surface area (Å²) in [4.78, 5) is 65.3. The van der Waals surface area contributed by atoms with E-state index < -0.39 is 47.8 Å². The molecule has 10 heteroatoms. The molecule has 0 radical (unpaired) electrons.